The van der Waals surface area contributed by atoms with E-state index in [2.05, 4.69) is 36.9 Å². The van der Waals surface area contributed by atoms with Crippen molar-refractivity contribution in [2.24, 2.45) is 4.99 Å². The van der Waals surface area contributed by atoms with E-state index in [4.69, 9.17) is 4.74 Å². The van der Waals surface area contributed by atoms with Crippen LogP contribution < -0.4 is 0 Å². The molecule has 4 nitrogen and oxygen atoms in total. The molecule has 0 saturated carbocycles. The number of hydrogen-bond acceptors (Lipinski definition) is 4. The first-order valence-corrected chi connectivity index (χ1v) is 6.08. The smallest absolute Gasteiger partial charge is 0.121 e. The summed E-state index contributed by atoms with van der Waals surface area (Å²) in [7, 11) is 0. The highest BCUT2D eigenvalue weighted by atomic mass is 79.9. The molecule has 0 aromatic rings. The second kappa shape index (κ2) is 5.63. The van der Waals surface area contributed by atoms with Crippen LogP contribution in [0.5, 0.6) is 0 Å². The van der Waals surface area contributed by atoms with Crippen LogP contribution in [0.15, 0.2) is 15.8 Å². The van der Waals surface area contributed by atoms with E-state index in [1.54, 1.807) is 0 Å². The standard InChI is InChI=1S/C10H16BrN3O/c11-10-9-14(2-1-12-10)4-3-13-5-7-15-8-6-13/h1,9H,2-8H2. The lowest BCUT2D eigenvalue weighted by Gasteiger charge is -2.29. The number of morpholine rings is 1. The largest absolute Gasteiger partial charge is 0.379 e. The maximum atomic E-state index is 5.31. The molecule has 2 aliphatic rings. The summed E-state index contributed by atoms with van der Waals surface area (Å²) in [6.07, 6.45) is 3.99. The molecule has 5 heteroatoms. The monoisotopic (exact) mass is 273 g/mol. The van der Waals surface area contributed by atoms with Crippen molar-refractivity contribution in [3.8, 4) is 0 Å². The second-order valence-corrected chi connectivity index (χ2v) is 4.52. The van der Waals surface area contributed by atoms with Crippen molar-refractivity contribution in [3.05, 3.63) is 10.8 Å². The van der Waals surface area contributed by atoms with Crippen LogP contribution in [0.2, 0.25) is 0 Å². The van der Waals surface area contributed by atoms with Crippen LogP contribution in [0.4, 0.5) is 0 Å². The first-order chi connectivity index (χ1) is 7.34. The van der Waals surface area contributed by atoms with Crippen molar-refractivity contribution in [1.82, 2.24) is 9.80 Å². The van der Waals surface area contributed by atoms with Crippen LogP contribution in [0.3, 0.4) is 0 Å². The van der Waals surface area contributed by atoms with E-state index in [1.807, 2.05) is 6.21 Å². The lowest BCUT2D eigenvalue weighted by Crippen LogP contribution is -2.41. The summed E-state index contributed by atoms with van der Waals surface area (Å²) in [5, 5.41) is 0. The normalized spacial score (nSPS) is 23.0. The topological polar surface area (TPSA) is 28.1 Å². The van der Waals surface area contributed by atoms with Crippen molar-refractivity contribution in [1.29, 1.82) is 0 Å². The number of halogens is 1. The van der Waals surface area contributed by atoms with E-state index < -0.39 is 0 Å². The highest BCUT2D eigenvalue weighted by Crippen LogP contribution is 2.11. The number of rotatable bonds is 3. The molecule has 0 atom stereocenters. The molecule has 0 bridgehead atoms. The van der Waals surface area contributed by atoms with Gasteiger partial charge < -0.3 is 9.64 Å². The zero-order valence-corrected chi connectivity index (χ0v) is 10.3. The first-order valence-electron chi connectivity index (χ1n) is 5.28. The molecule has 0 amide bonds. The van der Waals surface area contributed by atoms with Crippen molar-refractivity contribution in [2.45, 2.75) is 0 Å². The average molecular weight is 274 g/mol. The third-order valence-corrected chi connectivity index (χ3v) is 3.04. The Morgan fingerprint density at radius 3 is 2.87 bits per heavy atom. The van der Waals surface area contributed by atoms with Gasteiger partial charge in [-0.05, 0) is 15.9 Å². The second-order valence-electron chi connectivity index (χ2n) is 3.71. The zero-order valence-electron chi connectivity index (χ0n) is 8.73. The number of hydrogen-bond donors (Lipinski definition) is 0. The molecule has 15 heavy (non-hydrogen) atoms. The van der Waals surface area contributed by atoms with Gasteiger partial charge in [-0.1, -0.05) is 0 Å². The Balaban J connectivity index is 1.71. The maximum Gasteiger partial charge on any atom is 0.121 e. The average Bonchev–Trinajstić information content (AvgIpc) is 2.28. The van der Waals surface area contributed by atoms with Gasteiger partial charge in [-0.3, -0.25) is 9.89 Å². The van der Waals surface area contributed by atoms with Crippen molar-refractivity contribution < 1.29 is 4.74 Å². The molecular weight excluding hydrogens is 258 g/mol. The van der Waals surface area contributed by atoms with Gasteiger partial charge in [0.2, 0.25) is 0 Å². The molecule has 1 saturated heterocycles. The summed E-state index contributed by atoms with van der Waals surface area (Å²) in [6, 6.07) is 0. The maximum absolute atomic E-state index is 5.31. The molecule has 0 aromatic carbocycles. The SMILES string of the molecule is BrC1=CN(CCN2CCOCC2)CC=N1. The molecule has 0 aliphatic carbocycles. The molecule has 0 spiro atoms. The summed E-state index contributed by atoms with van der Waals surface area (Å²) in [6.45, 7) is 6.95. The Kier molecular flexibility index (Phi) is 4.17. The molecule has 0 aromatic heterocycles. The summed E-state index contributed by atoms with van der Waals surface area (Å²) < 4.78 is 6.23. The van der Waals surface area contributed by atoms with Crippen molar-refractivity contribution >= 4 is 22.1 Å². The molecule has 84 valence electrons. The minimum atomic E-state index is 0.876. The molecule has 2 heterocycles. The highest BCUT2D eigenvalue weighted by Gasteiger charge is 2.11. The van der Waals surface area contributed by atoms with Crippen LogP contribution in [0.25, 0.3) is 0 Å². The number of aliphatic imine (C=N–C) groups is 1. The van der Waals surface area contributed by atoms with Gasteiger partial charge in [-0.25, -0.2) is 0 Å². The fourth-order valence-corrected chi connectivity index (χ4v) is 2.15. The minimum absolute atomic E-state index is 0.876. The molecule has 0 unspecified atom stereocenters. The fraction of sp³-hybridized carbons (Fsp3) is 0.700. The quantitative estimate of drug-likeness (QED) is 0.716. The third kappa shape index (κ3) is 3.59. The van der Waals surface area contributed by atoms with Crippen LogP contribution in [0, 0.1) is 0 Å². The van der Waals surface area contributed by atoms with Gasteiger partial charge in [0, 0.05) is 38.6 Å². The number of ether oxygens (including phenoxy) is 1. The Labute approximate surface area is 98.7 Å². The molecule has 0 N–H and O–H groups in total. The van der Waals surface area contributed by atoms with Crippen LogP contribution in [-0.4, -0.2) is 62.0 Å². The summed E-state index contributed by atoms with van der Waals surface area (Å²) >= 11 is 3.38. The first kappa shape index (κ1) is 11.1. The summed E-state index contributed by atoms with van der Waals surface area (Å²) in [5.74, 6) is 0. The van der Waals surface area contributed by atoms with E-state index in [0.717, 1.165) is 50.5 Å². The van der Waals surface area contributed by atoms with Gasteiger partial charge in [0.15, 0.2) is 0 Å². The summed E-state index contributed by atoms with van der Waals surface area (Å²) in [5.41, 5.74) is 0. The van der Waals surface area contributed by atoms with Crippen molar-refractivity contribution in [2.75, 3.05) is 45.9 Å². The molecule has 0 radical (unpaired) electrons. The van der Waals surface area contributed by atoms with Crippen LogP contribution in [-0.2, 0) is 4.74 Å². The van der Waals surface area contributed by atoms with Crippen LogP contribution in [0.1, 0.15) is 0 Å². The van der Waals surface area contributed by atoms with Gasteiger partial charge in [-0.15, -0.1) is 0 Å². The minimum Gasteiger partial charge on any atom is -0.379 e. The predicted molar refractivity (Wildman–Crippen MR) is 64.3 cm³/mol. The molecule has 2 rings (SSSR count). The van der Waals surface area contributed by atoms with Gasteiger partial charge >= 0.3 is 0 Å². The highest BCUT2D eigenvalue weighted by molar-refractivity contribution is 9.11. The van der Waals surface area contributed by atoms with E-state index in [1.165, 1.54) is 0 Å². The molecular formula is C10H16BrN3O. The Morgan fingerprint density at radius 1 is 1.33 bits per heavy atom. The van der Waals surface area contributed by atoms with Gasteiger partial charge in [0.25, 0.3) is 0 Å². The molecule has 2 aliphatic heterocycles. The van der Waals surface area contributed by atoms with Crippen molar-refractivity contribution in [3.63, 3.8) is 0 Å². The van der Waals surface area contributed by atoms with E-state index in [-0.39, 0.29) is 0 Å². The Morgan fingerprint density at radius 2 is 2.13 bits per heavy atom. The lowest BCUT2D eigenvalue weighted by molar-refractivity contribution is 0.0357. The van der Waals surface area contributed by atoms with E-state index in [0.29, 0.717) is 0 Å². The number of nitrogens with zero attached hydrogens (tertiary/aromatic N) is 3. The van der Waals surface area contributed by atoms with Gasteiger partial charge in [0.1, 0.15) is 4.61 Å². The zero-order chi connectivity index (χ0) is 10.5. The van der Waals surface area contributed by atoms with E-state index >= 15 is 0 Å². The molecule has 1 fully saturated rings. The lowest BCUT2D eigenvalue weighted by atomic mass is 10.4. The summed E-state index contributed by atoms with van der Waals surface area (Å²) in [4.78, 5) is 8.86. The predicted octanol–water partition coefficient (Wildman–Crippen LogP) is 0.899. The Bertz CT molecular complexity index is 261. The van der Waals surface area contributed by atoms with Gasteiger partial charge in [-0.2, -0.15) is 0 Å². The Hall–Kier alpha value is -0.390. The van der Waals surface area contributed by atoms with Crippen LogP contribution >= 0.6 is 15.9 Å². The van der Waals surface area contributed by atoms with E-state index in [9.17, 15) is 0 Å². The third-order valence-electron chi connectivity index (χ3n) is 2.63. The fourth-order valence-electron chi connectivity index (χ4n) is 1.72. The van der Waals surface area contributed by atoms with Gasteiger partial charge in [0.05, 0.1) is 19.8 Å².